The third-order valence-corrected chi connectivity index (χ3v) is 5.08. The lowest BCUT2D eigenvalue weighted by Gasteiger charge is -2.37. The maximum atomic E-state index is 12.5. The third-order valence-electron chi connectivity index (χ3n) is 5.08. The van der Waals surface area contributed by atoms with Crippen LogP contribution in [-0.2, 0) is 19.1 Å². The molecule has 0 aromatic rings. The molecule has 0 fully saturated rings. The monoisotopic (exact) mass is 356 g/mol. The summed E-state index contributed by atoms with van der Waals surface area (Å²) in [6, 6.07) is 0. The molecule has 0 radical (unpaired) electrons. The van der Waals surface area contributed by atoms with Gasteiger partial charge in [0.15, 0.2) is 0 Å². The summed E-state index contributed by atoms with van der Waals surface area (Å²) in [7, 11) is 2.85. The van der Waals surface area contributed by atoms with Crippen LogP contribution >= 0.6 is 0 Å². The Kier molecular flexibility index (Phi) is 11.0. The van der Waals surface area contributed by atoms with E-state index < -0.39 is 10.8 Å². The van der Waals surface area contributed by atoms with Gasteiger partial charge in [0.2, 0.25) is 0 Å². The fraction of sp³-hybridized carbons (Fsp3) is 0.905. The molecule has 0 saturated carbocycles. The standard InChI is InChI=1S/C21H40O4/c1-8-9-10-11-12-13-14-20(4,18(22)24-6)16-21(5,15-17(2)3)19(23)25-7/h17H,8-16H2,1-7H3. The van der Waals surface area contributed by atoms with Gasteiger partial charge in [-0.05, 0) is 39.0 Å². The van der Waals surface area contributed by atoms with Crippen molar-refractivity contribution in [3.63, 3.8) is 0 Å². The van der Waals surface area contributed by atoms with Crippen LogP contribution in [0.3, 0.4) is 0 Å². The van der Waals surface area contributed by atoms with Gasteiger partial charge in [0.1, 0.15) is 0 Å². The molecule has 0 heterocycles. The lowest BCUT2D eigenvalue weighted by molar-refractivity contribution is -0.162. The smallest absolute Gasteiger partial charge is 0.311 e. The zero-order chi connectivity index (χ0) is 19.5. The Labute approximate surface area is 155 Å². The van der Waals surface area contributed by atoms with Crippen molar-refractivity contribution in [3.8, 4) is 0 Å². The molecule has 0 aromatic heterocycles. The fourth-order valence-electron chi connectivity index (χ4n) is 4.04. The first kappa shape index (κ1) is 23.9. The largest absolute Gasteiger partial charge is 0.469 e. The average molecular weight is 357 g/mol. The SMILES string of the molecule is CCCCCCCCC(C)(CC(C)(CC(C)C)C(=O)OC)C(=O)OC. The molecule has 4 nitrogen and oxygen atoms in total. The first-order valence-corrected chi connectivity index (χ1v) is 9.82. The third kappa shape index (κ3) is 8.24. The van der Waals surface area contributed by atoms with E-state index in [-0.39, 0.29) is 11.9 Å². The summed E-state index contributed by atoms with van der Waals surface area (Å²) in [4.78, 5) is 24.9. The van der Waals surface area contributed by atoms with Gasteiger partial charge in [0.05, 0.1) is 25.0 Å². The van der Waals surface area contributed by atoms with Crippen LogP contribution < -0.4 is 0 Å². The first-order chi connectivity index (χ1) is 11.6. The van der Waals surface area contributed by atoms with Crippen molar-refractivity contribution in [2.75, 3.05) is 14.2 Å². The van der Waals surface area contributed by atoms with Gasteiger partial charge in [-0.3, -0.25) is 9.59 Å². The topological polar surface area (TPSA) is 52.6 Å². The summed E-state index contributed by atoms with van der Waals surface area (Å²) < 4.78 is 10.1. The second kappa shape index (κ2) is 11.5. The second-order valence-electron chi connectivity index (χ2n) is 8.40. The van der Waals surface area contributed by atoms with Gasteiger partial charge in [-0.1, -0.05) is 59.3 Å². The van der Waals surface area contributed by atoms with E-state index in [1.807, 2.05) is 13.8 Å². The van der Waals surface area contributed by atoms with Gasteiger partial charge in [0.25, 0.3) is 0 Å². The normalized spacial score (nSPS) is 16.2. The highest BCUT2D eigenvalue weighted by Gasteiger charge is 2.45. The molecule has 0 aliphatic carbocycles. The lowest BCUT2D eigenvalue weighted by Crippen LogP contribution is -2.40. The number of esters is 2. The van der Waals surface area contributed by atoms with Crippen LogP contribution in [0.25, 0.3) is 0 Å². The fourth-order valence-corrected chi connectivity index (χ4v) is 4.04. The molecule has 0 aliphatic heterocycles. The molecule has 25 heavy (non-hydrogen) atoms. The summed E-state index contributed by atoms with van der Waals surface area (Å²) in [5.41, 5.74) is -1.33. The predicted molar refractivity (Wildman–Crippen MR) is 102 cm³/mol. The molecule has 0 spiro atoms. The highest BCUT2D eigenvalue weighted by Crippen LogP contribution is 2.43. The molecule has 2 atom stereocenters. The van der Waals surface area contributed by atoms with Gasteiger partial charge >= 0.3 is 11.9 Å². The molecular formula is C21H40O4. The van der Waals surface area contributed by atoms with Gasteiger partial charge in [-0.25, -0.2) is 0 Å². The Balaban J connectivity index is 5.08. The van der Waals surface area contributed by atoms with Crippen LogP contribution in [-0.4, -0.2) is 26.2 Å². The Bertz CT molecular complexity index is 405. The van der Waals surface area contributed by atoms with Crippen molar-refractivity contribution in [2.24, 2.45) is 16.7 Å². The van der Waals surface area contributed by atoms with Crippen LogP contribution in [0, 0.1) is 16.7 Å². The predicted octanol–water partition coefficient (Wildman–Crippen LogP) is 5.53. The van der Waals surface area contributed by atoms with E-state index in [0.29, 0.717) is 18.8 Å². The molecule has 0 amide bonds. The minimum atomic E-state index is -0.673. The molecule has 0 rings (SSSR count). The number of methoxy groups -OCH3 is 2. The summed E-state index contributed by atoms with van der Waals surface area (Å²) in [6.45, 7) is 10.2. The van der Waals surface area contributed by atoms with Gasteiger partial charge in [-0.15, -0.1) is 0 Å². The average Bonchev–Trinajstić information content (AvgIpc) is 2.55. The number of carbonyl (C=O) groups is 2. The summed E-state index contributed by atoms with van der Waals surface area (Å²) in [5.74, 6) is -0.112. The Hall–Kier alpha value is -1.06. The minimum Gasteiger partial charge on any atom is -0.469 e. The van der Waals surface area contributed by atoms with Gasteiger partial charge in [-0.2, -0.15) is 0 Å². The molecule has 0 aromatic carbocycles. The quantitative estimate of drug-likeness (QED) is 0.321. The number of rotatable bonds is 13. The van der Waals surface area contributed by atoms with Crippen molar-refractivity contribution < 1.29 is 19.1 Å². The zero-order valence-corrected chi connectivity index (χ0v) is 17.6. The molecule has 0 aliphatic rings. The van der Waals surface area contributed by atoms with Crippen LogP contribution in [0.1, 0.15) is 92.4 Å². The number of carbonyl (C=O) groups excluding carboxylic acids is 2. The van der Waals surface area contributed by atoms with E-state index in [0.717, 1.165) is 19.3 Å². The molecule has 0 bridgehead atoms. The summed E-state index contributed by atoms with van der Waals surface area (Å²) in [6.07, 6.45) is 8.95. The summed E-state index contributed by atoms with van der Waals surface area (Å²) >= 11 is 0. The lowest BCUT2D eigenvalue weighted by atomic mass is 9.67. The van der Waals surface area contributed by atoms with E-state index in [1.54, 1.807) is 0 Å². The molecule has 0 saturated heterocycles. The van der Waals surface area contributed by atoms with Crippen molar-refractivity contribution >= 4 is 11.9 Å². The molecular weight excluding hydrogens is 316 g/mol. The van der Waals surface area contributed by atoms with E-state index in [4.69, 9.17) is 9.47 Å². The van der Waals surface area contributed by atoms with Gasteiger partial charge < -0.3 is 9.47 Å². The van der Waals surface area contributed by atoms with Crippen molar-refractivity contribution in [2.45, 2.75) is 92.4 Å². The molecule has 148 valence electrons. The number of unbranched alkanes of at least 4 members (excludes halogenated alkanes) is 5. The summed E-state index contributed by atoms with van der Waals surface area (Å²) in [5, 5.41) is 0. The van der Waals surface area contributed by atoms with Crippen molar-refractivity contribution in [1.29, 1.82) is 0 Å². The Morgan fingerprint density at radius 2 is 1.32 bits per heavy atom. The van der Waals surface area contributed by atoms with Crippen LogP contribution in [0.5, 0.6) is 0 Å². The number of ether oxygens (including phenoxy) is 2. The molecule has 2 unspecified atom stereocenters. The van der Waals surface area contributed by atoms with Crippen LogP contribution in [0.15, 0.2) is 0 Å². The van der Waals surface area contributed by atoms with E-state index in [2.05, 4.69) is 20.8 Å². The highest BCUT2D eigenvalue weighted by atomic mass is 16.5. The number of hydrogen-bond acceptors (Lipinski definition) is 4. The van der Waals surface area contributed by atoms with Crippen LogP contribution in [0.4, 0.5) is 0 Å². The van der Waals surface area contributed by atoms with Crippen molar-refractivity contribution in [1.82, 2.24) is 0 Å². The molecule has 0 N–H and O–H groups in total. The van der Waals surface area contributed by atoms with Crippen LogP contribution in [0.2, 0.25) is 0 Å². The highest BCUT2D eigenvalue weighted by molar-refractivity contribution is 5.80. The Morgan fingerprint density at radius 1 is 0.840 bits per heavy atom. The Morgan fingerprint density at radius 3 is 1.80 bits per heavy atom. The maximum Gasteiger partial charge on any atom is 0.311 e. The van der Waals surface area contributed by atoms with E-state index in [9.17, 15) is 9.59 Å². The molecule has 4 heteroatoms. The number of hydrogen-bond donors (Lipinski definition) is 0. The van der Waals surface area contributed by atoms with E-state index >= 15 is 0 Å². The van der Waals surface area contributed by atoms with Gasteiger partial charge in [0, 0.05) is 0 Å². The first-order valence-electron chi connectivity index (χ1n) is 9.82. The maximum absolute atomic E-state index is 12.5. The minimum absolute atomic E-state index is 0.222. The van der Waals surface area contributed by atoms with E-state index in [1.165, 1.54) is 39.9 Å². The second-order valence-corrected chi connectivity index (χ2v) is 8.40. The van der Waals surface area contributed by atoms with Crippen molar-refractivity contribution in [3.05, 3.63) is 0 Å². The zero-order valence-electron chi connectivity index (χ0n) is 17.6.